The number of amides is 1. The minimum absolute atomic E-state index is 0.123. The van der Waals surface area contributed by atoms with Crippen molar-refractivity contribution in [2.45, 2.75) is 0 Å². The maximum absolute atomic E-state index is 12.0. The van der Waals surface area contributed by atoms with E-state index in [9.17, 15) is 4.79 Å². The van der Waals surface area contributed by atoms with E-state index in [0.717, 1.165) is 5.56 Å². The van der Waals surface area contributed by atoms with Gasteiger partial charge < -0.3 is 9.84 Å². The Morgan fingerprint density at radius 1 is 1.19 bits per heavy atom. The summed E-state index contributed by atoms with van der Waals surface area (Å²) in [5.41, 5.74) is 1.27. The normalized spacial score (nSPS) is 10.3. The van der Waals surface area contributed by atoms with Crippen molar-refractivity contribution in [1.29, 1.82) is 0 Å². The Balaban J connectivity index is 1.78. The number of carbonyl (C=O) groups excluding carboxylic acids is 1. The highest BCUT2D eigenvalue weighted by molar-refractivity contribution is 6.30. The van der Waals surface area contributed by atoms with E-state index >= 15 is 0 Å². The van der Waals surface area contributed by atoms with Crippen LogP contribution in [0.15, 0.2) is 53.3 Å². The van der Waals surface area contributed by atoms with Gasteiger partial charge in [-0.3, -0.25) is 9.78 Å². The molecular weight excluding hydrogens is 292 g/mol. The van der Waals surface area contributed by atoms with Gasteiger partial charge in [-0.2, -0.15) is 4.98 Å². The van der Waals surface area contributed by atoms with E-state index in [-0.39, 0.29) is 5.89 Å². The van der Waals surface area contributed by atoms with Crippen LogP contribution in [0.2, 0.25) is 5.02 Å². The third kappa shape index (κ3) is 3.06. The molecule has 6 nitrogen and oxygen atoms in total. The molecule has 0 aliphatic heterocycles. The minimum Gasteiger partial charge on any atom is -0.328 e. The minimum atomic E-state index is -0.495. The Morgan fingerprint density at radius 2 is 2.00 bits per heavy atom. The number of hydrogen-bond acceptors (Lipinski definition) is 5. The lowest BCUT2D eigenvalue weighted by Crippen LogP contribution is -2.12. The van der Waals surface area contributed by atoms with E-state index < -0.39 is 5.91 Å². The van der Waals surface area contributed by atoms with Gasteiger partial charge in [-0.05, 0) is 30.3 Å². The second-order valence-corrected chi connectivity index (χ2v) is 4.56. The molecule has 1 N–H and O–H groups in total. The van der Waals surface area contributed by atoms with Crippen molar-refractivity contribution in [1.82, 2.24) is 15.1 Å². The van der Waals surface area contributed by atoms with E-state index in [1.54, 1.807) is 48.8 Å². The molecule has 0 atom stereocenters. The molecule has 1 aromatic carbocycles. The van der Waals surface area contributed by atoms with Crippen LogP contribution in [0.5, 0.6) is 0 Å². The zero-order valence-corrected chi connectivity index (χ0v) is 11.4. The number of hydrogen-bond donors (Lipinski definition) is 1. The number of carbonyl (C=O) groups is 1. The summed E-state index contributed by atoms with van der Waals surface area (Å²) in [6, 6.07) is 10.2. The molecule has 0 aliphatic carbocycles. The number of rotatable bonds is 3. The fourth-order valence-electron chi connectivity index (χ4n) is 1.68. The maximum Gasteiger partial charge on any atom is 0.316 e. The number of anilines is 1. The number of benzene rings is 1. The van der Waals surface area contributed by atoms with Gasteiger partial charge in [0.1, 0.15) is 0 Å². The molecule has 3 rings (SSSR count). The van der Waals surface area contributed by atoms with Crippen LogP contribution in [0.25, 0.3) is 11.4 Å². The SMILES string of the molecule is O=C(Nc1cccc(Cl)c1)c1nc(-c2ccncc2)no1. The molecule has 21 heavy (non-hydrogen) atoms. The van der Waals surface area contributed by atoms with Crippen molar-refractivity contribution in [3.05, 3.63) is 59.7 Å². The van der Waals surface area contributed by atoms with E-state index in [1.807, 2.05) is 0 Å². The summed E-state index contributed by atoms with van der Waals surface area (Å²) >= 11 is 5.85. The first-order valence-electron chi connectivity index (χ1n) is 6.03. The van der Waals surface area contributed by atoms with Crippen molar-refractivity contribution >= 4 is 23.2 Å². The fourth-order valence-corrected chi connectivity index (χ4v) is 1.88. The van der Waals surface area contributed by atoms with Crippen LogP contribution in [-0.2, 0) is 0 Å². The summed E-state index contributed by atoms with van der Waals surface area (Å²) in [7, 11) is 0. The number of halogens is 1. The van der Waals surface area contributed by atoms with Crippen LogP contribution in [-0.4, -0.2) is 21.0 Å². The van der Waals surface area contributed by atoms with Crippen molar-refractivity contribution in [3.8, 4) is 11.4 Å². The molecule has 2 aromatic heterocycles. The average molecular weight is 301 g/mol. The summed E-state index contributed by atoms with van der Waals surface area (Å²) in [5.74, 6) is -0.291. The predicted molar refractivity (Wildman–Crippen MR) is 76.9 cm³/mol. The molecule has 0 saturated carbocycles. The molecule has 0 aliphatic rings. The molecule has 3 aromatic rings. The summed E-state index contributed by atoms with van der Waals surface area (Å²) < 4.78 is 4.96. The van der Waals surface area contributed by atoms with Crippen molar-refractivity contribution in [3.63, 3.8) is 0 Å². The predicted octanol–water partition coefficient (Wildman–Crippen LogP) is 3.04. The van der Waals surface area contributed by atoms with Gasteiger partial charge in [0, 0.05) is 28.7 Å². The smallest absolute Gasteiger partial charge is 0.316 e. The first kappa shape index (κ1) is 13.3. The summed E-state index contributed by atoms with van der Waals surface area (Å²) in [5, 5.41) is 6.92. The van der Waals surface area contributed by atoms with Crippen LogP contribution in [0.1, 0.15) is 10.7 Å². The Hall–Kier alpha value is -2.73. The van der Waals surface area contributed by atoms with E-state index in [0.29, 0.717) is 16.5 Å². The van der Waals surface area contributed by atoms with E-state index in [4.69, 9.17) is 16.1 Å². The first-order chi connectivity index (χ1) is 10.2. The Kier molecular flexibility index (Phi) is 3.61. The molecule has 0 spiro atoms. The van der Waals surface area contributed by atoms with Gasteiger partial charge in [0.25, 0.3) is 0 Å². The molecule has 1 amide bonds. The summed E-state index contributed by atoms with van der Waals surface area (Å²) in [6.07, 6.45) is 3.22. The largest absolute Gasteiger partial charge is 0.328 e. The molecule has 104 valence electrons. The molecule has 0 unspecified atom stereocenters. The average Bonchev–Trinajstić information content (AvgIpc) is 2.98. The molecule has 2 heterocycles. The van der Waals surface area contributed by atoms with Crippen LogP contribution in [0, 0.1) is 0 Å². The Bertz CT molecular complexity index is 773. The third-order valence-corrected chi connectivity index (χ3v) is 2.88. The van der Waals surface area contributed by atoms with Crippen LogP contribution in [0.4, 0.5) is 5.69 Å². The lowest BCUT2D eigenvalue weighted by atomic mass is 10.2. The van der Waals surface area contributed by atoms with Gasteiger partial charge in [-0.15, -0.1) is 0 Å². The highest BCUT2D eigenvalue weighted by Crippen LogP contribution is 2.17. The van der Waals surface area contributed by atoms with E-state index in [1.165, 1.54) is 0 Å². The van der Waals surface area contributed by atoms with Gasteiger partial charge >= 0.3 is 11.8 Å². The quantitative estimate of drug-likeness (QED) is 0.804. The zero-order valence-electron chi connectivity index (χ0n) is 10.7. The monoisotopic (exact) mass is 300 g/mol. The summed E-state index contributed by atoms with van der Waals surface area (Å²) in [4.78, 5) is 20.0. The van der Waals surface area contributed by atoms with Gasteiger partial charge in [-0.25, -0.2) is 0 Å². The fraction of sp³-hybridized carbons (Fsp3) is 0. The van der Waals surface area contributed by atoms with Gasteiger partial charge in [-0.1, -0.05) is 22.8 Å². The topological polar surface area (TPSA) is 80.9 Å². The highest BCUT2D eigenvalue weighted by atomic mass is 35.5. The van der Waals surface area contributed by atoms with Crippen molar-refractivity contribution in [2.24, 2.45) is 0 Å². The highest BCUT2D eigenvalue weighted by Gasteiger charge is 2.16. The number of nitrogens with zero attached hydrogens (tertiary/aromatic N) is 3. The van der Waals surface area contributed by atoms with Crippen molar-refractivity contribution < 1.29 is 9.32 Å². The molecule has 7 heteroatoms. The molecular formula is C14H9ClN4O2. The number of aromatic nitrogens is 3. The second kappa shape index (κ2) is 5.72. The third-order valence-electron chi connectivity index (χ3n) is 2.64. The summed E-state index contributed by atoms with van der Waals surface area (Å²) in [6.45, 7) is 0. The van der Waals surface area contributed by atoms with Crippen LogP contribution < -0.4 is 5.32 Å². The maximum atomic E-state index is 12.0. The van der Waals surface area contributed by atoms with Crippen molar-refractivity contribution in [2.75, 3.05) is 5.32 Å². The lowest BCUT2D eigenvalue weighted by molar-refractivity contribution is 0.0981. The van der Waals surface area contributed by atoms with Crippen LogP contribution in [0.3, 0.4) is 0 Å². The molecule has 0 radical (unpaired) electrons. The van der Waals surface area contributed by atoms with Gasteiger partial charge in [0.05, 0.1) is 0 Å². The molecule has 0 saturated heterocycles. The molecule has 0 bridgehead atoms. The van der Waals surface area contributed by atoms with E-state index in [2.05, 4.69) is 20.4 Å². The zero-order chi connectivity index (χ0) is 14.7. The first-order valence-corrected chi connectivity index (χ1v) is 6.41. The van der Waals surface area contributed by atoms with Gasteiger partial charge in [0.2, 0.25) is 5.82 Å². The van der Waals surface area contributed by atoms with Crippen LogP contribution >= 0.6 is 11.6 Å². The molecule has 0 fully saturated rings. The standard InChI is InChI=1S/C14H9ClN4O2/c15-10-2-1-3-11(8-10)17-13(20)14-18-12(19-21-14)9-4-6-16-7-5-9/h1-8H,(H,17,20). The van der Waals surface area contributed by atoms with Gasteiger partial charge in [0.15, 0.2) is 0 Å². The number of pyridine rings is 1. The number of nitrogens with one attached hydrogen (secondary N) is 1. The second-order valence-electron chi connectivity index (χ2n) is 4.12. The lowest BCUT2D eigenvalue weighted by Gasteiger charge is -2.01. The Morgan fingerprint density at radius 3 is 2.76 bits per heavy atom. The Labute approximate surface area is 124 Å².